The van der Waals surface area contributed by atoms with Crippen molar-refractivity contribution in [2.75, 3.05) is 44.7 Å². The number of carbonyl (C=O) groups excluding carboxylic acids is 1. The molecule has 2 aromatic carbocycles. The van der Waals surface area contributed by atoms with Crippen LogP contribution >= 0.6 is 0 Å². The summed E-state index contributed by atoms with van der Waals surface area (Å²) >= 11 is 0. The first-order valence-corrected chi connectivity index (χ1v) is 10.8. The molecule has 0 unspecified atom stereocenters. The molecule has 2 aromatic rings. The molecule has 3 rings (SSSR count). The van der Waals surface area contributed by atoms with Crippen LogP contribution in [0.3, 0.4) is 0 Å². The van der Waals surface area contributed by atoms with Crippen LogP contribution in [0.1, 0.15) is 5.56 Å². The second-order valence-corrected chi connectivity index (χ2v) is 8.69. The van der Waals surface area contributed by atoms with E-state index >= 15 is 0 Å². The lowest BCUT2D eigenvalue weighted by molar-refractivity contribution is -0.895. The molecule has 0 spiro atoms. The van der Waals surface area contributed by atoms with E-state index < -0.39 is 10.0 Å². The number of amides is 1. The van der Waals surface area contributed by atoms with Gasteiger partial charge in [0.1, 0.15) is 0 Å². The quantitative estimate of drug-likeness (QED) is 0.782. The Kier molecular flexibility index (Phi) is 6.61. The summed E-state index contributed by atoms with van der Waals surface area (Å²) < 4.78 is 26.6. The van der Waals surface area contributed by atoms with Crippen molar-refractivity contribution in [2.45, 2.75) is 0 Å². The van der Waals surface area contributed by atoms with Gasteiger partial charge in [0.25, 0.3) is 5.91 Å². The lowest BCUT2D eigenvalue weighted by Crippen LogP contribution is -3.15. The fourth-order valence-corrected chi connectivity index (χ4v) is 4.37. The van der Waals surface area contributed by atoms with Crippen LogP contribution in [0.5, 0.6) is 0 Å². The van der Waals surface area contributed by atoms with Crippen molar-refractivity contribution in [2.24, 2.45) is 0 Å². The summed E-state index contributed by atoms with van der Waals surface area (Å²) in [5.41, 5.74) is 1.71. The average molecular weight is 401 g/mol. The number of likely N-dealkylation sites (N-methyl/N-ethyl adjacent to an activating group) is 1. The van der Waals surface area contributed by atoms with Crippen LogP contribution in [-0.4, -0.2) is 58.4 Å². The molecule has 28 heavy (non-hydrogen) atoms. The van der Waals surface area contributed by atoms with Crippen LogP contribution in [0, 0.1) is 0 Å². The third kappa shape index (κ3) is 5.28. The van der Waals surface area contributed by atoms with Crippen molar-refractivity contribution in [1.29, 1.82) is 0 Å². The highest BCUT2D eigenvalue weighted by atomic mass is 32.2. The number of anilines is 1. The summed E-state index contributed by atoms with van der Waals surface area (Å²) in [5, 5.41) is 1.27. The number of piperazine rings is 1. The largest absolute Gasteiger partial charge is 0.325 e. The van der Waals surface area contributed by atoms with Crippen LogP contribution in [0.2, 0.25) is 0 Å². The molecule has 6 nitrogen and oxygen atoms in total. The predicted octanol–water partition coefficient (Wildman–Crippen LogP) is 0.851. The van der Waals surface area contributed by atoms with E-state index in [2.05, 4.69) is 0 Å². The highest BCUT2D eigenvalue weighted by Gasteiger charge is 2.29. The Morgan fingerprint density at radius 2 is 1.61 bits per heavy atom. The monoisotopic (exact) mass is 400 g/mol. The van der Waals surface area contributed by atoms with Gasteiger partial charge in [-0.15, -0.1) is 0 Å². The molecule has 0 aromatic heterocycles. The second kappa shape index (κ2) is 9.14. The maximum absolute atomic E-state index is 12.5. The molecule has 1 saturated heterocycles. The Balaban J connectivity index is 1.52. The van der Waals surface area contributed by atoms with Crippen molar-refractivity contribution in [3.05, 3.63) is 71.6 Å². The van der Waals surface area contributed by atoms with Crippen molar-refractivity contribution >= 4 is 27.7 Å². The van der Waals surface area contributed by atoms with Gasteiger partial charge in [0.05, 0.1) is 26.2 Å². The average Bonchev–Trinajstić information content (AvgIpc) is 2.73. The Hall–Kier alpha value is -2.48. The van der Waals surface area contributed by atoms with Gasteiger partial charge >= 0.3 is 0 Å². The van der Waals surface area contributed by atoms with Crippen LogP contribution < -0.4 is 9.80 Å². The van der Waals surface area contributed by atoms with E-state index in [1.165, 1.54) is 9.71 Å². The molecule has 0 atom stereocenters. The number of para-hydroxylation sites is 1. The molecule has 1 aliphatic heterocycles. The zero-order chi connectivity index (χ0) is 20.0. The molecule has 0 radical (unpaired) electrons. The highest BCUT2D eigenvalue weighted by molar-refractivity contribution is 7.92. The van der Waals surface area contributed by atoms with Gasteiger partial charge in [-0.2, -0.15) is 4.31 Å². The minimum Gasteiger partial charge on any atom is -0.325 e. The Morgan fingerprint density at radius 1 is 1.04 bits per heavy atom. The first-order chi connectivity index (χ1) is 13.5. The van der Waals surface area contributed by atoms with E-state index in [1.807, 2.05) is 60.7 Å². The maximum Gasteiger partial charge on any atom is 0.281 e. The minimum absolute atomic E-state index is 0.0291. The zero-order valence-corrected chi connectivity index (χ0v) is 16.8. The van der Waals surface area contributed by atoms with Crippen LogP contribution in [0.4, 0.5) is 5.69 Å². The van der Waals surface area contributed by atoms with Crippen molar-refractivity contribution < 1.29 is 18.1 Å². The number of nitrogens with one attached hydrogen (secondary N) is 1. The summed E-state index contributed by atoms with van der Waals surface area (Å²) in [6, 6.07) is 18.9. The molecular weight excluding hydrogens is 374 g/mol. The molecule has 148 valence electrons. The predicted molar refractivity (Wildman–Crippen MR) is 111 cm³/mol. The number of rotatable bonds is 6. The first-order valence-electron chi connectivity index (χ1n) is 9.34. The molecule has 1 amide bonds. The smallest absolute Gasteiger partial charge is 0.281 e. The lowest BCUT2D eigenvalue weighted by Gasteiger charge is -2.31. The Labute approximate surface area is 166 Å². The molecule has 7 heteroatoms. The summed E-state index contributed by atoms with van der Waals surface area (Å²) in [6.07, 6.45) is 1.62. The van der Waals surface area contributed by atoms with E-state index in [4.69, 9.17) is 0 Å². The van der Waals surface area contributed by atoms with Crippen molar-refractivity contribution in [1.82, 2.24) is 4.31 Å². The number of hydrogen-bond acceptors (Lipinski definition) is 3. The summed E-state index contributed by atoms with van der Waals surface area (Å²) in [7, 11) is -1.68. The SMILES string of the molecule is CN(C(=O)C[NH+]1CCN(S(=O)(=O)/C=C/c2ccccc2)CC1)c1ccccc1. The fourth-order valence-electron chi connectivity index (χ4n) is 3.18. The molecule has 1 fully saturated rings. The molecule has 0 bridgehead atoms. The summed E-state index contributed by atoms with van der Waals surface area (Å²) in [6.45, 7) is 2.43. The number of nitrogens with zero attached hydrogens (tertiary/aromatic N) is 2. The number of quaternary nitrogens is 1. The number of carbonyl (C=O) groups is 1. The van der Waals surface area contributed by atoms with Gasteiger partial charge in [-0.05, 0) is 23.8 Å². The van der Waals surface area contributed by atoms with Crippen LogP contribution in [0.25, 0.3) is 6.08 Å². The van der Waals surface area contributed by atoms with Gasteiger partial charge in [-0.25, -0.2) is 8.42 Å². The summed E-state index contributed by atoms with van der Waals surface area (Å²) in [5.74, 6) is 0.0291. The van der Waals surface area contributed by atoms with Gasteiger partial charge in [-0.1, -0.05) is 48.5 Å². The van der Waals surface area contributed by atoms with E-state index in [0.717, 1.165) is 16.2 Å². The Morgan fingerprint density at radius 3 is 2.21 bits per heavy atom. The van der Waals surface area contributed by atoms with E-state index in [9.17, 15) is 13.2 Å². The first kappa shape index (κ1) is 20.3. The van der Waals surface area contributed by atoms with E-state index in [0.29, 0.717) is 32.7 Å². The van der Waals surface area contributed by atoms with Gasteiger partial charge in [0.2, 0.25) is 10.0 Å². The minimum atomic E-state index is -3.45. The highest BCUT2D eigenvalue weighted by Crippen LogP contribution is 2.11. The topological polar surface area (TPSA) is 62.1 Å². The lowest BCUT2D eigenvalue weighted by atomic mass is 10.2. The molecule has 1 heterocycles. The molecule has 1 aliphatic rings. The maximum atomic E-state index is 12.5. The van der Waals surface area contributed by atoms with Crippen molar-refractivity contribution in [3.63, 3.8) is 0 Å². The number of benzene rings is 2. The van der Waals surface area contributed by atoms with Crippen LogP contribution in [0.15, 0.2) is 66.1 Å². The Bertz CT molecular complexity index is 906. The molecule has 1 N–H and O–H groups in total. The van der Waals surface area contributed by atoms with E-state index in [-0.39, 0.29) is 5.91 Å². The molecular formula is C21H26N3O3S+. The molecule has 0 saturated carbocycles. The van der Waals surface area contributed by atoms with Gasteiger partial charge in [0, 0.05) is 18.1 Å². The van der Waals surface area contributed by atoms with Gasteiger partial charge < -0.3 is 9.80 Å². The van der Waals surface area contributed by atoms with E-state index in [1.54, 1.807) is 18.0 Å². The normalized spacial score (nSPS) is 16.3. The fraction of sp³-hybridized carbons (Fsp3) is 0.286. The number of sulfonamides is 1. The summed E-state index contributed by atoms with van der Waals surface area (Å²) in [4.78, 5) is 15.3. The van der Waals surface area contributed by atoms with Gasteiger partial charge in [-0.3, -0.25) is 4.79 Å². The third-order valence-electron chi connectivity index (χ3n) is 4.94. The number of hydrogen-bond donors (Lipinski definition) is 1. The van der Waals surface area contributed by atoms with Gasteiger partial charge in [0.15, 0.2) is 6.54 Å². The molecule has 0 aliphatic carbocycles. The third-order valence-corrected chi connectivity index (χ3v) is 6.51. The van der Waals surface area contributed by atoms with Crippen LogP contribution in [-0.2, 0) is 14.8 Å². The van der Waals surface area contributed by atoms with Crippen molar-refractivity contribution in [3.8, 4) is 0 Å². The zero-order valence-electron chi connectivity index (χ0n) is 16.0. The second-order valence-electron chi connectivity index (χ2n) is 6.87. The standard InChI is InChI=1S/C21H25N3O3S/c1-22(20-10-6-3-7-11-20)21(25)18-23-13-15-24(16-14-23)28(26,27)17-12-19-8-4-2-5-9-19/h2-12,17H,13-16,18H2,1H3/p+1/b17-12+.